The number of amides is 3. The second kappa shape index (κ2) is 7.47. The first-order chi connectivity index (χ1) is 14.6. The third-order valence-electron chi connectivity index (χ3n) is 4.77. The number of nitrogens with one attached hydrogen (secondary N) is 1. The zero-order valence-electron chi connectivity index (χ0n) is 15.6. The molecule has 0 saturated heterocycles. The summed E-state index contributed by atoms with van der Waals surface area (Å²) in [7, 11) is 0. The van der Waals surface area contributed by atoms with Crippen LogP contribution >= 0.6 is 22.7 Å². The lowest BCUT2D eigenvalue weighted by Gasteiger charge is -2.13. The first-order valence-corrected chi connectivity index (χ1v) is 11.0. The lowest BCUT2D eigenvalue weighted by Crippen LogP contribution is -2.40. The molecule has 1 N–H and O–H groups in total. The molecule has 0 radical (unpaired) electrons. The highest BCUT2D eigenvalue weighted by molar-refractivity contribution is 7.15. The topological polar surface area (TPSA) is 96.7 Å². The highest BCUT2D eigenvalue weighted by atomic mass is 32.1. The second-order valence-corrected chi connectivity index (χ2v) is 8.46. The van der Waals surface area contributed by atoms with Crippen molar-refractivity contribution in [2.45, 2.75) is 6.42 Å². The minimum Gasteiger partial charge on any atom is -0.354 e. The smallest absolute Gasteiger partial charge is 0.262 e. The number of carbonyl (C=O) groups is 3. The fourth-order valence-corrected chi connectivity index (χ4v) is 4.83. The Kier molecular flexibility index (Phi) is 4.64. The number of fused-ring (bicyclic) bond motifs is 2. The minimum absolute atomic E-state index is 0.294. The largest absolute Gasteiger partial charge is 0.354 e. The van der Waals surface area contributed by atoms with Crippen LogP contribution in [0.3, 0.4) is 0 Å². The Morgan fingerprint density at radius 2 is 1.80 bits per heavy atom. The van der Waals surface area contributed by atoms with Gasteiger partial charge >= 0.3 is 0 Å². The Balaban J connectivity index is 1.20. The summed E-state index contributed by atoms with van der Waals surface area (Å²) in [4.78, 5) is 44.3. The standard InChI is InChI=1S/C20H15N5O3S2/c26-16(10-24-18(27)13-4-1-2-5-14(13)19(24)28)21-8-7-12-11-30-20-22-17(23-25(12)20)15-6-3-9-29-15/h1-6,9,11H,7-8,10H2,(H,21,26). The molecule has 3 amide bonds. The maximum Gasteiger partial charge on any atom is 0.262 e. The van der Waals surface area contributed by atoms with Gasteiger partial charge in [0, 0.05) is 18.3 Å². The number of rotatable bonds is 6. The van der Waals surface area contributed by atoms with E-state index in [2.05, 4.69) is 15.4 Å². The number of aromatic nitrogens is 3. The van der Waals surface area contributed by atoms with Gasteiger partial charge in [-0.05, 0) is 23.6 Å². The maximum atomic E-state index is 12.4. The van der Waals surface area contributed by atoms with Gasteiger partial charge in [-0.15, -0.1) is 27.8 Å². The van der Waals surface area contributed by atoms with E-state index in [1.165, 1.54) is 11.3 Å². The predicted octanol–water partition coefficient (Wildman–Crippen LogP) is 2.47. The van der Waals surface area contributed by atoms with Crippen LogP contribution in [0.4, 0.5) is 0 Å². The third-order valence-corrected chi connectivity index (χ3v) is 6.51. The molecule has 0 aliphatic carbocycles. The molecular formula is C20H15N5O3S2. The number of imide groups is 1. The van der Waals surface area contributed by atoms with E-state index in [4.69, 9.17) is 0 Å². The fourth-order valence-electron chi connectivity index (χ4n) is 3.32. The van der Waals surface area contributed by atoms with Crippen LogP contribution < -0.4 is 5.32 Å². The van der Waals surface area contributed by atoms with Crippen LogP contribution in [0, 0.1) is 0 Å². The summed E-state index contributed by atoms with van der Waals surface area (Å²) >= 11 is 3.08. The number of thiophene rings is 1. The van der Waals surface area contributed by atoms with Gasteiger partial charge in [0.05, 0.1) is 21.7 Å². The molecule has 0 atom stereocenters. The van der Waals surface area contributed by atoms with Crippen LogP contribution in [-0.4, -0.2) is 50.3 Å². The Morgan fingerprint density at radius 1 is 1.03 bits per heavy atom. The average Bonchev–Trinajstić information content (AvgIpc) is 3.51. The summed E-state index contributed by atoms with van der Waals surface area (Å²) in [5, 5.41) is 11.3. The van der Waals surface area contributed by atoms with Gasteiger partial charge in [-0.2, -0.15) is 4.98 Å². The lowest BCUT2D eigenvalue weighted by molar-refractivity contribution is -0.121. The van der Waals surface area contributed by atoms with Crippen molar-refractivity contribution in [3.63, 3.8) is 0 Å². The highest BCUT2D eigenvalue weighted by Gasteiger charge is 2.36. The highest BCUT2D eigenvalue weighted by Crippen LogP contribution is 2.24. The van der Waals surface area contributed by atoms with Gasteiger partial charge in [-0.1, -0.05) is 18.2 Å². The van der Waals surface area contributed by atoms with Crippen molar-refractivity contribution in [1.29, 1.82) is 0 Å². The molecule has 0 saturated carbocycles. The molecule has 5 rings (SSSR count). The quantitative estimate of drug-likeness (QED) is 0.468. The molecule has 3 aromatic heterocycles. The van der Waals surface area contributed by atoms with Gasteiger partial charge in [0.15, 0.2) is 5.82 Å². The number of nitrogens with zero attached hydrogens (tertiary/aromatic N) is 4. The average molecular weight is 438 g/mol. The molecule has 1 aliphatic rings. The van der Waals surface area contributed by atoms with E-state index in [1.54, 1.807) is 40.1 Å². The fraction of sp³-hybridized carbons (Fsp3) is 0.150. The van der Waals surface area contributed by atoms with E-state index in [0.717, 1.165) is 20.4 Å². The van der Waals surface area contributed by atoms with Gasteiger partial charge < -0.3 is 5.32 Å². The van der Waals surface area contributed by atoms with E-state index in [0.29, 0.717) is 29.9 Å². The van der Waals surface area contributed by atoms with E-state index >= 15 is 0 Å². The lowest BCUT2D eigenvalue weighted by atomic mass is 10.1. The second-order valence-electron chi connectivity index (χ2n) is 6.68. The van der Waals surface area contributed by atoms with Crippen molar-refractivity contribution in [2.24, 2.45) is 0 Å². The Hall–Kier alpha value is -3.37. The Bertz CT molecular complexity index is 1240. The van der Waals surface area contributed by atoms with Crippen LogP contribution in [-0.2, 0) is 11.2 Å². The molecule has 1 aliphatic heterocycles. The monoisotopic (exact) mass is 437 g/mol. The zero-order valence-corrected chi connectivity index (χ0v) is 17.2. The summed E-state index contributed by atoms with van der Waals surface area (Å²) in [5.74, 6) is -0.565. The van der Waals surface area contributed by atoms with Crippen LogP contribution in [0.15, 0.2) is 47.2 Å². The maximum absolute atomic E-state index is 12.4. The van der Waals surface area contributed by atoms with E-state index in [9.17, 15) is 14.4 Å². The van der Waals surface area contributed by atoms with Crippen LogP contribution in [0.5, 0.6) is 0 Å². The number of carbonyl (C=O) groups excluding carboxylic acids is 3. The Labute approximate surface area is 178 Å². The molecule has 150 valence electrons. The van der Waals surface area contributed by atoms with Crippen molar-refractivity contribution >= 4 is 45.4 Å². The summed E-state index contributed by atoms with van der Waals surface area (Å²) in [6.45, 7) is 0.0687. The van der Waals surface area contributed by atoms with Gasteiger partial charge in [0.25, 0.3) is 11.8 Å². The van der Waals surface area contributed by atoms with Gasteiger partial charge in [0.1, 0.15) is 6.54 Å². The molecule has 30 heavy (non-hydrogen) atoms. The van der Waals surface area contributed by atoms with Crippen molar-refractivity contribution in [3.8, 4) is 10.7 Å². The van der Waals surface area contributed by atoms with E-state index in [1.807, 2.05) is 22.9 Å². The molecule has 1 aromatic carbocycles. The summed E-state index contributed by atoms with van der Waals surface area (Å²) in [5.41, 5.74) is 1.61. The van der Waals surface area contributed by atoms with Crippen molar-refractivity contribution in [3.05, 3.63) is 64.0 Å². The first-order valence-electron chi connectivity index (χ1n) is 9.21. The van der Waals surface area contributed by atoms with Crippen LogP contribution in [0.2, 0.25) is 0 Å². The number of hydrogen-bond donors (Lipinski definition) is 1. The molecule has 0 fully saturated rings. The van der Waals surface area contributed by atoms with Crippen molar-refractivity contribution in [2.75, 3.05) is 13.1 Å². The molecule has 4 aromatic rings. The predicted molar refractivity (Wildman–Crippen MR) is 113 cm³/mol. The third kappa shape index (κ3) is 3.19. The molecule has 4 heterocycles. The minimum atomic E-state index is -0.436. The van der Waals surface area contributed by atoms with E-state index < -0.39 is 11.8 Å². The van der Waals surface area contributed by atoms with Gasteiger partial charge in [-0.3, -0.25) is 19.3 Å². The summed E-state index contributed by atoms with van der Waals surface area (Å²) in [6.07, 6.45) is 0.557. The summed E-state index contributed by atoms with van der Waals surface area (Å²) < 4.78 is 1.79. The van der Waals surface area contributed by atoms with Crippen LogP contribution in [0.25, 0.3) is 15.7 Å². The first kappa shape index (κ1) is 18.6. The normalized spacial score (nSPS) is 13.3. The van der Waals surface area contributed by atoms with E-state index in [-0.39, 0.29) is 12.5 Å². The molecule has 0 unspecified atom stereocenters. The summed E-state index contributed by atoms with van der Waals surface area (Å²) in [6, 6.07) is 10.5. The molecule has 0 bridgehead atoms. The number of hydrogen-bond acceptors (Lipinski definition) is 7. The Morgan fingerprint density at radius 3 is 2.50 bits per heavy atom. The van der Waals surface area contributed by atoms with Gasteiger partial charge in [-0.25, -0.2) is 4.52 Å². The van der Waals surface area contributed by atoms with Crippen molar-refractivity contribution < 1.29 is 14.4 Å². The number of thiazole rings is 1. The molecular weight excluding hydrogens is 422 g/mol. The number of benzene rings is 1. The molecule has 8 nitrogen and oxygen atoms in total. The molecule has 10 heteroatoms. The molecule has 0 spiro atoms. The van der Waals surface area contributed by atoms with Crippen molar-refractivity contribution in [1.82, 2.24) is 24.8 Å². The van der Waals surface area contributed by atoms with Crippen LogP contribution in [0.1, 0.15) is 26.4 Å². The van der Waals surface area contributed by atoms with Gasteiger partial charge in [0.2, 0.25) is 10.9 Å². The zero-order chi connectivity index (χ0) is 20.7. The SMILES string of the molecule is O=C(CN1C(=O)c2ccccc2C1=O)NCCc1csc2nc(-c3cccs3)nn12.